The molecule has 1 aromatic heterocycles. The van der Waals surface area contributed by atoms with Gasteiger partial charge in [0.25, 0.3) is 16.0 Å². The number of carbonyl (C=O) groups is 3. The highest BCUT2D eigenvalue weighted by atomic mass is 35.5. The number of fused-ring (bicyclic) bond motifs is 3. The monoisotopic (exact) mass is 1200 g/mol. The zero-order valence-electron chi connectivity index (χ0n) is 48.5. The van der Waals surface area contributed by atoms with Crippen LogP contribution in [0.3, 0.4) is 0 Å². The van der Waals surface area contributed by atoms with E-state index in [9.17, 15) is 35.8 Å². The molecule has 2 aliphatic rings. The molecule has 2 N–H and O–H groups in total. The molecule has 446 valence electrons. The normalized spacial score (nSPS) is 12.0. The summed E-state index contributed by atoms with van der Waals surface area (Å²) in [6.07, 6.45) is 3.24. The van der Waals surface area contributed by atoms with Crippen LogP contribution in [0.1, 0.15) is 93.4 Å². The lowest BCUT2D eigenvalue weighted by Gasteiger charge is -2.22. The van der Waals surface area contributed by atoms with Crippen LogP contribution < -0.4 is 20.1 Å². The number of hydrogen-bond donors (Lipinski definition) is 2. The Kier molecular flexibility index (Phi) is 23.6. The van der Waals surface area contributed by atoms with Gasteiger partial charge in [-0.25, -0.2) is 13.0 Å². The molecule has 5 aromatic rings. The SMILES string of the molecule is CCN(CC)c1ccc2c(-c3ccc(S(=O)(=O)CCCOCCOCCOCCOCCC(=O)CCCCCNC(=O)Cc4c(C)n(C(=O)c5ccc(Cl)cc5)c5ccc(C)cc45)cc3S(=O)(=O)O)c3ccc(=[N+](CC)CC)cc-3oc2c1. The first-order chi connectivity index (χ1) is 39.9. The molecule has 7 rings (SSSR count). The Hall–Kier alpha value is -6.29. The number of amides is 1. The van der Waals surface area contributed by atoms with E-state index in [2.05, 4.69) is 42.5 Å². The largest absolute Gasteiger partial charge is 0.456 e. The molecule has 2 heterocycles. The van der Waals surface area contributed by atoms with Crippen molar-refractivity contribution in [3.8, 4) is 22.5 Å². The van der Waals surface area contributed by atoms with Gasteiger partial charge in [0.05, 0.1) is 74.9 Å². The number of carbonyl (C=O) groups excluding carboxylic acids is 3. The number of aryl methyl sites for hydroxylation is 1. The number of sulfone groups is 1. The van der Waals surface area contributed by atoms with Crippen molar-refractivity contribution in [2.45, 2.75) is 96.3 Å². The van der Waals surface area contributed by atoms with E-state index in [1.165, 1.54) is 12.1 Å². The Labute approximate surface area is 492 Å². The average molecular weight is 1200 g/mol. The predicted molar refractivity (Wildman–Crippen MR) is 325 cm³/mol. The fourth-order valence-electron chi connectivity index (χ4n) is 10.3. The van der Waals surface area contributed by atoms with Crippen LogP contribution in [0.4, 0.5) is 5.69 Å². The first-order valence-corrected chi connectivity index (χ1v) is 32.0. The van der Waals surface area contributed by atoms with Crippen molar-refractivity contribution < 1.29 is 59.1 Å². The minimum atomic E-state index is -4.93. The number of Topliss-reactive ketones (excluding diaryl/α,β-unsaturated/α-hetero) is 1. The van der Waals surface area contributed by atoms with E-state index in [-0.39, 0.29) is 66.5 Å². The van der Waals surface area contributed by atoms with Gasteiger partial charge in [0, 0.05) is 101 Å². The molecule has 0 saturated heterocycles. The van der Waals surface area contributed by atoms with E-state index in [0.29, 0.717) is 97.3 Å². The van der Waals surface area contributed by atoms with Gasteiger partial charge >= 0.3 is 0 Å². The number of nitrogens with one attached hydrogen (secondary N) is 1. The summed E-state index contributed by atoms with van der Waals surface area (Å²) in [4.78, 5) is 40.5. The zero-order chi connectivity index (χ0) is 59.7. The van der Waals surface area contributed by atoms with Gasteiger partial charge in [0.2, 0.25) is 11.3 Å². The molecule has 0 bridgehead atoms. The lowest BCUT2D eigenvalue weighted by molar-refractivity contribution is -0.121. The molecule has 17 nitrogen and oxygen atoms in total. The van der Waals surface area contributed by atoms with Crippen molar-refractivity contribution in [1.82, 2.24) is 14.5 Å². The second kappa shape index (κ2) is 30.5. The third-order valence-electron chi connectivity index (χ3n) is 14.7. The molecule has 0 spiro atoms. The molecule has 0 unspecified atom stereocenters. The number of ether oxygens (including phenoxy) is 4. The highest BCUT2D eigenvalue weighted by molar-refractivity contribution is 7.91. The van der Waals surface area contributed by atoms with Gasteiger partial charge in [-0.15, -0.1) is 0 Å². The first kappa shape index (κ1) is 64.3. The minimum absolute atomic E-state index is 0.111. The van der Waals surface area contributed by atoms with Gasteiger partial charge in [-0.2, -0.15) is 8.42 Å². The molecule has 4 aromatic carbocycles. The van der Waals surface area contributed by atoms with Crippen LogP contribution in [0.2, 0.25) is 5.02 Å². The van der Waals surface area contributed by atoms with Crippen LogP contribution >= 0.6 is 11.6 Å². The highest BCUT2D eigenvalue weighted by Gasteiger charge is 2.28. The molecule has 20 heteroatoms. The van der Waals surface area contributed by atoms with E-state index in [1.54, 1.807) is 28.8 Å². The van der Waals surface area contributed by atoms with Gasteiger partial charge < -0.3 is 33.6 Å². The number of halogens is 1. The van der Waals surface area contributed by atoms with Crippen molar-refractivity contribution in [1.29, 1.82) is 0 Å². The van der Waals surface area contributed by atoms with Gasteiger partial charge in [-0.1, -0.05) is 35.7 Å². The van der Waals surface area contributed by atoms with E-state index in [0.717, 1.165) is 83.9 Å². The summed E-state index contributed by atoms with van der Waals surface area (Å²) < 4.78 is 96.8. The smallest absolute Gasteiger partial charge is 0.295 e. The summed E-state index contributed by atoms with van der Waals surface area (Å²) in [7, 11) is -8.92. The van der Waals surface area contributed by atoms with Gasteiger partial charge in [0.1, 0.15) is 35.1 Å². The quantitative estimate of drug-likeness (QED) is 0.0170. The van der Waals surface area contributed by atoms with Crippen molar-refractivity contribution in [3.05, 3.63) is 130 Å². The molecule has 0 saturated carbocycles. The second-order valence-electron chi connectivity index (χ2n) is 20.3. The second-order valence-corrected chi connectivity index (χ2v) is 24.2. The van der Waals surface area contributed by atoms with Crippen LogP contribution in [-0.4, -0.2) is 135 Å². The van der Waals surface area contributed by atoms with E-state index < -0.39 is 24.9 Å². The molecule has 1 amide bonds. The Morgan fingerprint density at radius 1 is 0.687 bits per heavy atom. The Morgan fingerprint density at radius 3 is 2.01 bits per heavy atom. The fourth-order valence-corrected chi connectivity index (χ4v) is 12.5. The molecule has 0 atom stereocenters. The maximum atomic E-state index is 13.6. The maximum Gasteiger partial charge on any atom is 0.295 e. The van der Waals surface area contributed by atoms with Crippen LogP contribution in [0.15, 0.2) is 111 Å². The first-order valence-electron chi connectivity index (χ1n) is 28.6. The number of unbranched alkanes of at least 4 members (excludes halogenated alkanes) is 2. The maximum absolute atomic E-state index is 13.6. The van der Waals surface area contributed by atoms with Crippen molar-refractivity contribution in [3.63, 3.8) is 0 Å². The van der Waals surface area contributed by atoms with Crippen molar-refractivity contribution >= 4 is 76.7 Å². The van der Waals surface area contributed by atoms with Crippen LogP contribution in [0.5, 0.6) is 0 Å². The van der Waals surface area contributed by atoms with Crippen LogP contribution in [-0.2, 0) is 54.9 Å². The van der Waals surface area contributed by atoms with Crippen LogP contribution in [0, 0.1) is 13.8 Å². The number of aromatic nitrogens is 1. The Bertz CT molecular complexity index is 3640. The Balaban J connectivity index is 0.757. The average Bonchev–Trinajstić information content (AvgIpc) is 2.23. The van der Waals surface area contributed by atoms with Gasteiger partial charge in [-0.05, 0) is 133 Å². The van der Waals surface area contributed by atoms with E-state index in [1.807, 2.05) is 68.4 Å². The summed E-state index contributed by atoms with van der Waals surface area (Å²) in [5, 5.41) is 5.94. The zero-order valence-corrected chi connectivity index (χ0v) is 50.9. The van der Waals surface area contributed by atoms with E-state index in [4.69, 9.17) is 35.0 Å². The minimum Gasteiger partial charge on any atom is -0.456 e. The number of benzene rings is 5. The Morgan fingerprint density at radius 2 is 1.35 bits per heavy atom. The van der Waals surface area contributed by atoms with Crippen molar-refractivity contribution in [2.24, 2.45) is 0 Å². The molecular weight excluding hydrogens is 1120 g/mol. The lowest BCUT2D eigenvalue weighted by Crippen LogP contribution is -2.29. The molecule has 1 aliphatic heterocycles. The summed E-state index contributed by atoms with van der Waals surface area (Å²) in [6.45, 7) is 17.8. The third kappa shape index (κ3) is 17.0. The summed E-state index contributed by atoms with van der Waals surface area (Å²) in [5.41, 5.74) is 6.47. The topological polar surface area (TPSA) is 213 Å². The molecule has 1 aliphatic carbocycles. The standard InChI is InChI=1S/C63H77ClN4O13S2/c1-7-66(8-2)48-21-24-52-58(40-48)81-59-41-49(67(9-3)10-4)22-25-53(59)62(52)54-26-23-51(42-60(54)83(74,75)76)82(72,73)38-14-30-77-32-34-79-36-37-80-35-33-78-31-28-50(69)15-12-11-13-29-65-61(70)43-55-45(6)68(57-27-16-44(5)39-56(55)57)63(71)46-17-19-47(64)20-18-46/h16-27,39-42H,7-15,28-38,43H2,1-6H3,(H-,65,70,74,75,76)/p+1. The number of ketones is 1. The third-order valence-corrected chi connectivity index (χ3v) is 17.7. The van der Waals surface area contributed by atoms with Crippen LogP contribution in [0.25, 0.3) is 44.3 Å². The lowest BCUT2D eigenvalue weighted by atomic mass is 9.93. The summed E-state index contributed by atoms with van der Waals surface area (Å²) in [6, 6.07) is 27.9. The molecular formula is C63H78ClN4O13S2+. The number of hydrogen-bond acceptors (Lipinski definition) is 13. The molecule has 0 radical (unpaired) electrons. The number of rotatable bonds is 33. The molecule has 83 heavy (non-hydrogen) atoms. The fraction of sp³-hybridized carbons (Fsp3) is 0.429. The molecule has 0 fully saturated rings. The predicted octanol–water partition coefficient (Wildman–Crippen LogP) is 10.1. The summed E-state index contributed by atoms with van der Waals surface area (Å²) in [5.74, 6) is -0.0225. The van der Waals surface area contributed by atoms with Gasteiger partial charge in [0.15, 0.2) is 9.84 Å². The number of anilines is 1. The van der Waals surface area contributed by atoms with Crippen molar-refractivity contribution in [2.75, 3.05) is 96.2 Å². The summed E-state index contributed by atoms with van der Waals surface area (Å²) >= 11 is 6.05. The number of nitrogens with zero attached hydrogens (tertiary/aromatic N) is 3. The van der Waals surface area contributed by atoms with E-state index >= 15 is 0 Å². The highest BCUT2D eigenvalue weighted by Crippen LogP contribution is 2.44. The van der Waals surface area contributed by atoms with Gasteiger partial charge in [-0.3, -0.25) is 23.5 Å².